The molecule has 2 rings (SSSR count). The van der Waals surface area contributed by atoms with E-state index in [0.29, 0.717) is 6.54 Å². The van der Waals surface area contributed by atoms with Crippen LogP contribution in [0.5, 0.6) is 0 Å². The number of nitrogens with zero attached hydrogens (tertiary/aromatic N) is 2. The van der Waals surface area contributed by atoms with Gasteiger partial charge in [0, 0.05) is 11.4 Å². The Morgan fingerprint density at radius 3 is 3.00 bits per heavy atom. The summed E-state index contributed by atoms with van der Waals surface area (Å²) in [5.41, 5.74) is 0.167. The second kappa shape index (κ2) is 5.12. The van der Waals surface area contributed by atoms with Gasteiger partial charge in [0.15, 0.2) is 5.69 Å². The Hall–Kier alpha value is -0.980. The van der Waals surface area contributed by atoms with E-state index in [9.17, 15) is 4.79 Å². The van der Waals surface area contributed by atoms with Crippen LogP contribution >= 0.6 is 11.3 Å². The van der Waals surface area contributed by atoms with Crippen LogP contribution in [0, 0.1) is 6.92 Å². The Kier molecular flexibility index (Phi) is 3.76. The molecule has 0 amide bonds. The van der Waals surface area contributed by atoms with Crippen LogP contribution in [0.2, 0.25) is 0 Å². The number of β-amino-alcohol motifs (C(OH)–C–C–N with tert-alkyl or cyclic N) is 1. The van der Waals surface area contributed by atoms with E-state index in [2.05, 4.69) is 9.88 Å². The number of aromatic carboxylic acids is 1. The molecule has 2 heterocycles. The first-order chi connectivity index (χ1) is 8.13. The molecule has 1 saturated heterocycles. The Labute approximate surface area is 104 Å². The van der Waals surface area contributed by atoms with E-state index in [1.165, 1.54) is 11.3 Å². The number of aromatic nitrogens is 1. The van der Waals surface area contributed by atoms with Crippen LogP contribution in [-0.4, -0.2) is 45.8 Å². The lowest BCUT2D eigenvalue weighted by Gasteiger charge is -2.21. The molecule has 1 fully saturated rings. The summed E-state index contributed by atoms with van der Waals surface area (Å²) in [4.78, 5) is 18.1. The van der Waals surface area contributed by atoms with Crippen LogP contribution in [0.4, 0.5) is 0 Å². The molecule has 1 aromatic heterocycles. The van der Waals surface area contributed by atoms with E-state index in [1.807, 2.05) is 0 Å². The van der Waals surface area contributed by atoms with Gasteiger partial charge in [-0.25, -0.2) is 9.78 Å². The number of thiazole rings is 1. The van der Waals surface area contributed by atoms with E-state index in [4.69, 9.17) is 10.2 Å². The lowest BCUT2D eigenvalue weighted by Crippen LogP contribution is -2.26. The molecule has 6 heteroatoms. The van der Waals surface area contributed by atoms with Crippen molar-refractivity contribution in [1.29, 1.82) is 0 Å². The average molecular weight is 256 g/mol. The number of aliphatic hydroxyl groups excluding tert-OH is 1. The molecule has 1 aliphatic rings. The van der Waals surface area contributed by atoms with Crippen molar-refractivity contribution in [2.45, 2.75) is 25.8 Å². The molecule has 0 spiro atoms. The minimum atomic E-state index is -0.961. The Morgan fingerprint density at radius 2 is 2.41 bits per heavy atom. The molecular formula is C11H16N2O3S. The molecule has 0 radical (unpaired) electrons. The molecule has 1 unspecified atom stereocenters. The summed E-state index contributed by atoms with van der Waals surface area (Å²) in [5, 5.41) is 18.8. The quantitative estimate of drug-likeness (QED) is 0.849. The van der Waals surface area contributed by atoms with Gasteiger partial charge in [-0.3, -0.25) is 4.90 Å². The Morgan fingerprint density at radius 1 is 1.65 bits per heavy atom. The van der Waals surface area contributed by atoms with Crippen LogP contribution < -0.4 is 0 Å². The van der Waals surface area contributed by atoms with Crippen LogP contribution in [-0.2, 0) is 0 Å². The molecule has 17 heavy (non-hydrogen) atoms. The van der Waals surface area contributed by atoms with Crippen molar-refractivity contribution in [2.24, 2.45) is 0 Å². The zero-order chi connectivity index (χ0) is 12.4. The highest BCUT2D eigenvalue weighted by Crippen LogP contribution is 2.34. The third kappa shape index (κ3) is 2.48. The third-order valence-electron chi connectivity index (χ3n) is 3.05. The molecule has 1 aliphatic heterocycles. The minimum Gasteiger partial charge on any atom is -0.476 e. The van der Waals surface area contributed by atoms with Crippen molar-refractivity contribution < 1.29 is 15.0 Å². The summed E-state index contributed by atoms with van der Waals surface area (Å²) < 4.78 is 0. The number of rotatable bonds is 4. The third-order valence-corrected chi connectivity index (χ3v) is 4.12. The minimum absolute atomic E-state index is 0.132. The molecule has 0 bridgehead atoms. The van der Waals surface area contributed by atoms with E-state index < -0.39 is 5.97 Å². The molecule has 0 aliphatic carbocycles. The van der Waals surface area contributed by atoms with Gasteiger partial charge < -0.3 is 10.2 Å². The van der Waals surface area contributed by atoms with Gasteiger partial charge in [0.1, 0.15) is 5.01 Å². The van der Waals surface area contributed by atoms with Gasteiger partial charge in [-0.05, 0) is 26.3 Å². The number of carbonyl (C=O) groups is 1. The van der Waals surface area contributed by atoms with Crippen LogP contribution in [0.25, 0.3) is 0 Å². The largest absolute Gasteiger partial charge is 0.476 e. The number of hydrogen-bond acceptors (Lipinski definition) is 5. The molecular weight excluding hydrogens is 240 g/mol. The molecule has 94 valence electrons. The fourth-order valence-corrected chi connectivity index (χ4v) is 3.34. The van der Waals surface area contributed by atoms with Gasteiger partial charge in [0.2, 0.25) is 0 Å². The summed E-state index contributed by atoms with van der Waals surface area (Å²) in [7, 11) is 0. The van der Waals surface area contributed by atoms with Gasteiger partial charge >= 0.3 is 5.97 Å². The zero-order valence-electron chi connectivity index (χ0n) is 9.72. The predicted octanol–water partition coefficient (Wildman–Crippen LogP) is 1.28. The van der Waals surface area contributed by atoms with Gasteiger partial charge in [0.25, 0.3) is 0 Å². The van der Waals surface area contributed by atoms with E-state index >= 15 is 0 Å². The molecule has 1 atom stereocenters. The van der Waals surface area contributed by atoms with Crippen molar-refractivity contribution in [2.75, 3.05) is 19.7 Å². The topological polar surface area (TPSA) is 73.7 Å². The number of likely N-dealkylation sites (tertiary alicyclic amines) is 1. The standard InChI is InChI=1S/C11H16N2O3S/c1-7-9(11(15)16)12-10(17-7)8-3-2-4-13(8)5-6-14/h8,14H,2-6H2,1H3,(H,15,16). The first kappa shape index (κ1) is 12.5. The van der Waals surface area contributed by atoms with Crippen LogP contribution in [0.3, 0.4) is 0 Å². The van der Waals surface area contributed by atoms with Crippen molar-refractivity contribution in [3.05, 3.63) is 15.6 Å². The van der Waals surface area contributed by atoms with E-state index in [1.54, 1.807) is 6.92 Å². The predicted molar refractivity (Wildman–Crippen MR) is 64.4 cm³/mol. The fourth-order valence-electron chi connectivity index (χ4n) is 2.26. The number of carboxylic acid groups (broad SMARTS) is 1. The fraction of sp³-hybridized carbons (Fsp3) is 0.636. The summed E-state index contributed by atoms with van der Waals surface area (Å²) in [5.74, 6) is -0.961. The van der Waals surface area contributed by atoms with Gasteiger partial charge in [0.05, 0.1) is 12.6 Å². The van der Waals surface area contributed by atoms with Crippen molar-refractivity contribution >= 4 is 17.3 Å². The number of hydrogen-bond donors (Lipinski definition) is 2. The summed E-state index contributed by atoms with van der Waals surface area (Å²) in [6.45, 7) is 3.50. The maximum Gasteiger partial charge on any atom is 0.355 e. The lowest BCUT2D eigenvalue weighted by atomic mass is 10.2. The van der Waals surface area contributed by atoms with Crippen LogP contribution in [0.1, 0.15) is 39.3 Å². The van der Waals surface area contributed by atoms with E-state index in [-0.39, 0.29) is 18.3 Å². The normalized spacial score (nSPS) is 20.9. The van der Waals surface area contributed by atoms with Gasteiger partial charge in [-0.15, -0.1) is 11.3 Å². The number of carboxylic acids is 1. The molecule has 0 saturated carbocycles. The van der Waals surface area contributed by atoms with E-state index in [0.717, 1.165) is 29.3 Å². The first-order valence-electron chi connectivity index (χ1n) is 5.69. The highest BCUT2D eigenvalue weighted by molar-refractivity contribution is 7.11. The smallest absolute Gasteiger partial charge is 0.355 e. The number of aliphatic hydroxyl groups is 1. The highest BCUT2D eigenvalue weighted by Gasteiger charge is 2.29. The maximum absolute atomic E-state index is 10.9. The summed E-state index contributed by atoms with van der Waals surface area (Å²) >= 11 is 1.45. The SMILES string of the molecule is Cc1sc(C2CCCN2CCO)nc1C(=O)O. The second-order valence-corrected chi connectivity index (χ2v) is 5.41. The number of aryl methyl sites for hydroxylation is 1. The molecule has 1 aromatic rings. The van der Waals surface area contributed by atoms with Crippen molar-refractivity contribution in [1.82, 2.24) is 9.88 Å². The van der Waals surface area contributed by atoms with Crippen molar-refractivity contribution in [3.63, 3.8) is 0 Å². The Balaban J connectivity index is 2.21. The molecule has 2 N–H and O–H groups in total. The zero-order valence-corrected chi connectivity index (χ0v) is 10.5. The van der Waals surface area contributed by atoms with Gasteiger partial charge in [-0.1, -0.05) is 0 Å². The second-order valence-electron chi connectivity index (χ2n) is 4.18. The first-order valence-corrected chi connectivity index (χ1v) is 6.50. The maximum atomic E-state index is 10.9. The Bertz CT molecular complexity index is 419. The average Bonchev–Trinajstić information content (AvgIpc) is 2.84. The summed E-state index contributed by atoms with van der Waals surface area (Å²) in [6, 6.07) is 0.180. The molecule has 0 aromatic carbocycles. The van der Waals surface area contributed by atoms with Crippen LogP contribution in [0.15, 0.2) is 0 Å². The molecule has 5 nitrogen and oxygen atoms in total. The summed E-state index contributed by atoms with van der Waals surface area (Å²) in [6.07, 6.45) is 2.07. The van der Waals surface area contributed by atoms with Crippen molar-refractivity contribution in [3.8, 4) is 0 Å². The highest BCUT2D eigenvalue weighted by atomic mass is 32.1. The lowest BCUT2D eigenvalue weighted by molar-refractivity contribution is 0.0690. The monoisotopic (exact) mass is 256 g/mol. The van der Waals surface area contributed by atoms with Gasteiger partial charge in [-0.2, -0.15) is 0 Å².